The zero-order valence-electron chi connectivity index (χ0n) is 18.5. The van der Waals surface area contributed by atoms with Gasteiger partial charge in [-0.25, -0.2) is 4.98 Å². The minimum Gasteiger partial charge on any atom is -0.378 e. The van der Waals surface area contributed by atoms with Gasteiger partial charge in [-0.3, -0.25) is 4.79 Å². The standard InChI is InChI=1S/C27H26N4O2/c1-19-7-10-22(17-24(19)26-28-18-25(30-26)20-5-3-2-4-6-20)29-27(32)21-8-11-23(12-9-21)31-13-15-33-16-14-31/h2-12,17-18H,13-16H2,1H3,(H,28,30)(H,29,32). The van der Waals surface area contributed by atoms with Gasteiger partial charge in [0, 0.05) is 35.6 Å². The van der Waals surface area contributed by atoms with Crippen molar-refractivity contribution in [3.05, 3.63) is 90.1 Å². The summed E-state index contributed by atoms with van der Waals surface area (Å²) in [6.07, 6.45) is 1.84. The minimum atomic E-state index is -0.136. The van der Waals surface area contributed by atoms with E-state index in [1.807, 2.05) is 85.9 Å². The van der Waals surface area contributed by atoms with E-state index in [1.165, 1.54) is 0 Å². The maximum Gasteiger partial charge on any atom is 0.255 e. The highest BCUT2D eigenvalue weighted by atomic mass is 16.5. The molecule has 3 aromatic carbocycles. The molecule has 5 rings (SSSR count). The SMILES string of the molecule is Cc1ccc(NC(=O)c2ccc(N3CCOCC3)cc2)cc1-c1ncc(-c2ccccc2)[nH]1. The van der Waals surface area contributed by atoms with Crippen LogP contribution in [0.25, 0.3) is 22.6 Å². The van der Waals surface area contributed by atoms with Gasteiger partial charge in [-0.2, -0.15) is 0 Å². The third-order valence-electron chi connectivity index (χ3n) is 5.92. The fourth-order valence-electron chi connectivity index (χ4n) is 4.03. The molecule has 2 N–H and O–H groups in total. The van der Waals surface area contributed by atoms with Gasteiger partial charge < -0.3 is 19.9 Å². The molecule has 0 spiro atoms. The number of nitrogens with zero attached hydrogens (tertiary/aromatic N) is 2. The number of carbonyl (C=O) groups is 1. The van der Waals surface area contributed by atoms with Gasteiger partial charge in [0.25, 0.3) is 5.91 Å². The number of hydrogen-bond acceptors (Lipinski definition) is 4. The van der Waals surface area contributed by atoms with Crippen molar-refractivity contribution >= 4 is 17.3 Å². The van der Waals surface area contributed by atoms with Crippen LogP contribution in [0, 0.1) is 6.92 Å². The fraction of sp³-hybridized carbons (Fsp3) is 0.185. The van der Waals surface area contributed by atoms with Gasteiger partial charge in [-0.05, 0) is 54.4 Å². The van der Waals surface area contributed by atoms with Gasteiger partial charge in [0.05, 0.1) is 25.1 Å². The molecular formula is C27H26N4O2. The molecule has 0 atom stereocenters. The Morgan fingerprint density at radius 3 is 2.52 bits per heavy atom. The lowest BCUT2D eigenvalue weighted by Gasteiger charge is -2.28. The number of aromatic nitrogens is 2. The lowest BCUT2D eigenvalue weighted by Crippen LogP contribution is -2.36. The molecule has 0 unspecified atom stereocenters. The Labute approximate surface area is 193 Å². The van der Waals surface area contributed by atoms with Gasteiger partial charge in [0.1, 0.15) is 5.82 Å². The second-order valence-corrected chi connectivity index (χ2v) is 8.14. The molecule has 2 heterocycles. The summed E-state index contributed by atoms with van der Waals surface area (Å²) >= 11 is 0. The lowest BCUT2D eigenvalue weighted by atomic mass is 10.1. The van der Waals surface area contributed by atoms with Crippen molar-refractivity contribution in [1.29, 1.82) is 0 Å². The first-order chi connectivity index (χ1) is 16.2. The Hall–Kier alpha value is -3.90. The number of aryl methyl sites for hydroxylation is 1. The van der Waals surface area contributed by atoms with Crippen LogP contribution in [-0.4, -0.2) is 42.2 Å². The smallest absolute Gasteiger partial charge is 0.255 e. The van der Waals surface area contributed by atoms with E-state index in [9.17, 15) is 4.79 Å². The molecule has 6 heteroatoms. The Kier molecular flexibility index (Phi) is 5.91. The summed E-state index contributed by atoms with van der Waals surface area (Å²) in [6.45, 7) is 5.25. The molecule has 1 aromatic heterocycles. The third kappa shape index (κ3) is 4.66. The highest BCUT2D eigenvalue weighted by Crippen LogP contribution is 2.27. The summed E-state index contributed by atoms with van der Waals surface area (Å²) < 4.78 is 5.41. The summed E-state index contributed by atoms with van der Waals surface area (Å²) in [4.78, 5) is 23.1. The number of benzene rings is 3. The van der Waals surface area contributed by atoms with Crippen molar-refractivity contribution in [3.8, 4) is 22.6 Å². The van der Waals surface area contributed by atoms with E-state index >= 15 is 0 Å². The summed E-state index contributed by atoms with van der Waals surface area (Å²) in [5.74, 6) is 0.639. The van der Waals surface area contributed by atoms with Crippen LogP contribution in [0.2, 0.25) is 0 Å². The van der Waals surface area contributed by atoms with Crippen LogP contribution >= 0.6 is 0 Å². The first kappa shape index (κ1) is 21.0. The van der Waals surface area contributed by atoms with Crippen LogP contribution < -0.4 is 10.2 Å². The highest BCUT2D eigenvalue weighted by molar-refractivity contribution is 6.04. The highest BCUT2D eigenvalue weighted by Gasteiger charge is 2.14. The Morgan fingerprint density at radius 1 is 1.00 bits per heavy atom. The molecule has 0 bridgehead atoms. The summed E-state index contributed by atoms with van der Waals surface area (Å²) in [6, 6.07) is 23.7. The van der Waals surface area contributed by atoms with Crippen LogP contribution in [0.4, 0.5) is 11.4 Å². The number of aromatic amines is 1. The number of nitrogens with one attached hydrogen (secondary N) is 2. The number of amides is 1. The van der Waals surface area contributed by atoms with E-state index in [0.29, 0.717) is 5.56 Å². The number of carbonyl (C=O) groups excluding carboxylic acids is 1. The summed E-state index contributed by atoms with van der Waals surface area (Å²) in [7, 11) is 0. The second-order valence-electron chi connectivity index (χ2n) is 8.14. The largest absolute Gasteiger partial charge is 0.378 e. The van der Waals surface area contributed by atoms with E-state index in [0.717, 1.165) is 65.9 Å². The number of hydrogen-bond donors (Lipinski definition) is 2. The molecule has 166 valence electrons. The maximum absolute atomic E-state index is 12.9. The van der Waals surface area contributed by atoms with Crippen molar-refractivity contribution in [2.45, 2.75) is 6.92 Å². The molecule has 0 aliphatic carbocycles. The molecule has 0 radical (unpaired) electrons. The van der Waals surface area contributed by atoms with Crippen LogP contribution in [0.1, 0.15) is 15.9 Å². The van der Waals surface area contributed by atoms with Crippen LogP contribution in [0.3, 0.4) is 0 Å². The van der Waals surface area contributed by atoms with E-state index < -0.39 is 0 Å². The Balaban J connectivity index is 1.32. The monoisotopic (exact) mass is 438 g/mol. The van der Waals surface area contributed by atoms with Crippen LogP contribution in [0.15, 0.2) is 79.0 Å². The zero-order valence-corrected chi connectivity index (χ0v) is 18.5. The van der Waals surface area contributed by atoms with Gasteiger partial charge >= 0.3 is 0 Å². The summed E-state index contributed by atoms with van der Waals surface area (Å²) in [5.41, 5.74) is 6.54. The number of rotatable bonds is 5. The predicted molar refractivity (Wildman–Crippen MR) is 132 cm³/mol. The average Bonchev–Trinajstić information content (AvgIpc) is 3.36. The Bertz CT molecular complexity index is 1240. The Morgan fingerprint density at radius 2 is 1.76 bits per heavy atom. The molecule has 6 nitrogen and oxygen atoms in total. The van der Waals surface area contributed by atoms with E-state index in [1.54, 1.807) is 0 Å². The molecule has 1 saturated heterocycles. The molecule has 1 fully saturated rings. The minimum absolute atomic E-state index is 0.136. The van der Waals surface area contributed by atoms with Crippen molar-refractivity contribution in [2.24, 2.45) is 0 Å². The zero-order chi connectivity index (χ0) is 22.6. The van der Waals surface area contributed by atoms with Crippen molar-refractivity contribution in [3.63, 3.8) is 0 Å². The third-order valence-corrected chi connectivity index (χ3v) is 5.92. The van der Waals surface area contributed by atoms with Crippen molar-refractivity contribution in [1.82, 2.24) is 9.97 Å². The predicted octanol–water partition coefficient (Wildman–Crippen LogP) is 5.14. The second kappa shape index (κ2) is 9.30. The molecule has 1 amide bonds. The van der Waals surface area contributed by atoms with Crippen molar-refractivity contribution in [2.75, 3.05) is 36.5 Å². The number of imidazole rings is 1. The molecule has 4 aromatic rings. The fourth-order valence-corrected chi connectivity index (χ4v) is 4.03. The van der Waals surface area contributed by atoms with Crippen LogP contribution in [-0.2, 0) is 4.74 Å². The lowest BCUT2D eigenvalue weighted by molar-refractivity contribution is 0.102. The average molecular weight is 439 g/mol. The van der Waals surface area contributed by atoms with E-state index in [2.05, 4.69) is 20.2 Å². The molecule has 1 aliphatic heterocycles. The first-order valence-corrected chi connectivity index (χ1v) is 11.1. The molecule has 1 aliphatic rings. The summed E-state index contributed by atoms with van der Waals surface area (Å²) in [5, 5.41) is 3.02. The molecule has 0 saturated carbocycles. The van der Waals surface area contributed by atoms with Crippen LogP contribution in [0.5, 0.6) is 0 Å². The quantitative estimate of drug-likeness (QED) is 0.453. The van der Waals surface area contributed by atoms with Gasteiger partial charge in [0.15, 0.2) is 0 Å². The number of H-pyrrole nitrogens is 1. The number of ether oxygens (including phenoxy) is 1. The normalized spacial score (nSPS) is 13.7. The molecule has 33 heavy (non-hydrogen) atoms. The number of anilines is 2. The van der Waals surface area contributed by atoms with Gasteiger partial charge in [-0.15, -0.1) is 0 Å². The van der Waals surface area contributed by atoms with Gasteiger partial charge in [-0.1, -0.05) is 36.4 Å². The number of morpholine rings is 1. The first-order valence-electron chi connectivity index (χ1n) is 11.1. The van der Waals surface area contributed by atoms with E-state index in [-0.39, 0.29) is 5.91 Å². The molecular weight excluding hydrogens is 412 g/mol. The van der Waals surface area contributed by atoms with Crippen molar-refractivity contribution < 1.29 is 9.53 Å². The van der Waals surface area contributed by atoms with E-state index in [4.69, 9.17) is 4.74 Å². The maximum atomic E-state index is 12.9. The van der Waals surface area contributed by atoms with Gasteiger partial charge in [0.2, 0.25) is 0 Å². The topological polar surface area (TPSA) is 70.2 Å².